The maximum absolute atomic E-state index is 14.2. The van der Waals surface area contributed by atoms with Crippen LogP contribution in [0.4, 0.5) is 10.1 Å². The number of H-pyrrole nitrogens is 1. The van der Waals surface area contributed by atoms with Gasteiger partial charge in [-0.1, -0.05) is 29.8 Å². The molecule has 5 rings (SSSR count). The number of nitriles is 1. The summed E-state index contributed by atoms with van der Waals surface area (Å²) in [7, 11) is 0. The molecule has 7 nitrogen and oxygen atoms in total. The average Bonchev–Trinajstić information content (AvgIpc) is 3.23. The molecular weight excluding hydrogens is 373 g/mol. The molecule has 29 heavy (non-hydrogen) atoms. The Kier molecular flexibility index (Phi) is 3.34. The summed E-state index contributed by atoms with van der Waals surface area (Å²) < 4.78 is 19.8. The Bertz CT molecular complexity index is 1270. The number of rotatable bonds is 1. The molecule has 4 N–H and O–H groups in total. The number of hydrogen-bond acceptors (Lipinski definition) is 5. The number of anilines is 1. The van der Waals surface area contributed by atoms with Crippen molar-refractivity contribution >= 4 is 11.6 Å². The van der Waals surface area contributed by atoms with Crippen molar-refractivity contribution in [2.45, 2.75) is 12.3 Å². The molecule has 0 aliphatic carbocycles. The Labute approximate surface area is 164 Å². The van der Waals surface area contributed by atoms with E-state index in [2.05, 4.69) is 15.5 Å². The van der Waals surface area contributed by atoms with E-state index in [4.69, 9.17) is 10.5 Å². The molecule has 0 bridgehead atoms. The molecule has 3 aromatic rings. The van der Waals surface area contributed by atoms with Crippen LogP contribution in [0.5, 0.6) is 5.88 Å². The minimum Gasteiger partial charge on any atom is -0.420 e. The number of fused-ring (bicyclic) bond motifs is 4. The van der Waals surface area contributed by atoms with Gasteiger partial charge in [-0.05, 0) is 25.1 Å². The molecule has 0 saturated heterocycles. The minimum absolute atomic E-state index is 0.0735. The number of aryl methyl sites for hydroxylation is 1. The van der Waals surface area contributed by atoms with E-state index in [1.165, 1.54) is 18.2 Å². The smallest absolute Gasteiger partial charge is 0.245 e. The summed E-state index contributed by atoms with van der Waals surface area (Å²) in [5.74, 6) is -1.22. The van der Waals surface area contributed by atoms with Crippen LogP contribution in [0.3, 0.4) is 0 Å². The molecule has 1 spiro atoms. The molecule has 0 saturated carbocycles. The van der Waals surface area contributed by atoms with Crippen LogP contribution in [0.25, 0.3) is 11.3 Å². The van der Waals surface area contributed by atoms with Crippen molar-refractivity contribution in [1.29, 1.82) is 5.26 Å². The summed E-state index contributed by atoms with van der Waals surface area (Å²) in [6, 6.07) is 13.5. The number of nitrogens with two attached hydrogens (primary N) is 1. The predicted octanol–water partition coefficient (Wildman–Crippen LogP) is 2.85. The molecule has 0 unspecified atom stereocenters. The Morgan fingerprint density at radius 2 is 2.00 bits per heavy atom. The molecule has 0 fully saturated rings. The maximum Gasteiger partial charge on any atom is 0.245 e. The zero-order valence-electron chi connectivity index (χ0n) is 15.2. The molecule has 2 aliphatic heterocycles. The van der Waals surface area contributed by atoms with Crippen LogP contribution in [0, 0.1) is 24.1 Å². The van der Waals surface area contributed by atoms with Gasteiger partial charge in [-0.3, -0.25) is 9.89 Å². The fourth-order valence-electron chi connectivity index (χ4n) is 4.05. The fraction of sp³-hybridized carbons (Fsp3) is 0.0952. The Hall–Kier alpha value is -4.12. The largest absolute Gasteiger partial charge is 0.420 e. The number of halogens is 1. The van der Waals surface area contributed by atoms with Crippen LogP contribution in [0.2, 0.25) is 0 Å². The summed E-state index contributed by atoms with van der Waals surface area (Å²) in [6.45, 7) is 1.96. The number of nitrogens with zero attached hydrogens (tertiary/aromatic N) is 2. The predicted molar refractivity (Wildman–Crippen MR) is 102 cm³/mol. The molecule has 1 atom stereocenters. The third-order valence-corrected chi connectivity index (χ3v) is 5.36. The maximum atomic E-state index is 14.2. The van der Waals surface area contributed by atoms with Crippen LogP contribution in [0.15, 0.2) is 53.9 Å². The van der Waals surface area contributed by atoms with E-state index < -0.39 is 17.1 Å². The highest BCUT2D eigenvalue weighted by molar-refractivity contribution is 6.13. The van der Waals surface area contributed by atoms with Crippen LogP contribution in [-0.4, -0.2) is 16.1 Å². The van der Waals surface area contributed by atoms with Crippen LogP contribution >= 0.6 is 0 Å². The first-order valence-corrected chi connectivity index (χ1v) is 8.82. The number of carbonyl (C=O) groups is 1. The van der Waals surface area contributed by atoms with Gasteiger partial charge in [0, 0.05) is 16.8 Å². The fourth-order valence-corrected chi connectivity index (χ4v) is 4.05. The van der Waals surface area contributed by atoms with Gasteiger partial charge < -0.3 is 15.8 Å². The second-order valence-corrected chi connectivity index (χ2v) is 6.99. The van der Waals surface area contributed by atoms with Crippen molar-refractivity contribution in [1.82, 2.24) is 10.2 Å². The molecule has 142 valence electrons. The van der Waals surface area contributed by atoms with Gasteiger partial charge in [0.05, 0.1) is 11.3 Å². The van der Waals surface area contributed by atoms with Gasteiger partial charge in [-0.2, -0.15) is 5.26 Å². The Morgan fingerprint density at radius 1 is 1.24 bits per heavy atom. The highest BCUT2D eigenvalue weighted by Gasteiger charge is 2.58. The Morgan fingerprint density at radius 3 is 2.72 bits per heavy atom. The average molecular weight is 387 g/mol. The van der Waals surface area contributed by atoms with E-state index in [1.54, 1.807) is 0 Å². The highest BCUT2D eigenvalue weighted by Crippen LogP contribution is 2.55. The van der Waals surface area contributed by atoms with E-state index in [0.29, 0.717) is 22.5 Å². The van der Waals surface area contributed by atoms with Crippen molar-refractivity contribution in [2.24, 2.45) is 5.73 Å². The summed E-state index contributed by atoms with van der Waals surface area (Å²) in [5.41, 5.74) is 7.52. The number of ether oxygens (including phenoxy) is 1. The summed E-state index contributed by atoms with van der Waals surface area (Å²) in [4.78, 5) is 13.4. The molecule has 8 heteroatoms. The molecule has 2 aliphatic rings. The summed E-state index contributed by atoms with van der Waals surface area (Å²) >= 11 is 0. The minimum atomic E-state index is -1.67. The molecule has 1 amide bonds. The normalized spacial score (nSPS) is 19.4. The number of benzene rings is 2. The van der Waals surface area contributed by atoms with Crippen molar-refractivity contribution in [3.63, 3.8) is 0 Å². The third kappa shape index (κ3) is 2.09. The van der Waals surface area contributed by atoms with Gasteiger partial charge in [-0.25, -0.2) is 4.39 Å². The second kappa shape index (κ2) is 5.69. The monoisotopic (exact) mass is 387 g/mol. The lowest BCUT2D eigenvalue weighted by Crippen LogP contribution is -2.42. The number of carbonyl (C=O) groups excluding carboxylic acids is 1. The van der Waals surface area contributed by atoms with E-state index in [9.17, 15) is 14.4 Å². The molecule has 1 aromatic heterocycles. The van der Waals surface area contributed by atoms with E-state index in [1.807, 2.05) is 37.3 Å². The van der Waals surface area contributed by atoms with Gasteiger partial charge in [0.25, 0.3) is 0 Å². The van der Waals surface area contributed by atoms with E-state index in [0.717, 1.165) is 11.1 Å². The molecule has 0 radical (unpaired) electrons. The number of nitrogens with one attached hydrogen (secondary N) is 2. The van der Waals surface area contributed by atoms with Gasteiger partial charge >= 0.3 is 0 Å². The van der Waals surface area contributed by atoms with Gasteiger partial charge in [0.1, 0.15) is 22.9 Å². The molecule has 2 aromatic carbocycles. The van der Waals surface area contributed by atoms with Crippen molar-refractivity contribution in [3.05, 3.63) is 76.4 Å². The van der Waals surface area contributed by atoms with Crippen molar-refractivity contribution in [3.8, 4) is 23.2 Å². The lowest BCUT2D eigenvalue weighted by Gasteiger charge is -2.31. The number of hydrogen-bond donors (Lipinski definition) is 3. The van der Waals surface area contributed by atoms with Crippen molar-refractivity contribution < 1.29 is 13.9 Å². The second-order valence-electron chi connectivity index (χ2n) is 6.99. The summed E-state index contributed by atoms with van der Waals surface area (Å²) in [6.07, 6.45) is 0. The first-order valence-electron chi connectivity index (χ1n) is 8.82. The zero-order valence-corrected chi connectivity index (χ0v) is 15.2. The van der Waals surface area contributed by atoms with Gasteiger partial charge in [0.15, 0.2) is 0 Å². The SMILES string of the molecule is Cc1ccc(-c2[nH]nc3c2[C@@]2(C(=O)Nc4ccc(F)cc42)C(C#N)=C(N)O3)cc1. The zero-order chi connectivity index (χ0) is 20.3. The lowest BCUT2D eigenvalue weighted by atomic mass is 9.68. The number of aromatic amines is 1. The van der Waals surface area contributed by atoms with Crippen LogP contribution < -0.4 is 15.8 Å². The standard InChI is InChI=1S/C21H14FN5O2/c1-10-2-4-11(5-3-10)17-16-19(27-26-17)29-18(24)14(9-23)21(16)13-8-12(22)6-7-15(13)25-20(21)28/h2-8H,24H2,1H3,(H,25,28)(H,26,27)/t21-/m0/s1. The number of amides is 1. The van der Waals surface area contributed by atoms with Crippen LogP contribution in [0.1, 0.15) is 16.7 Å². The summed E-state index contributed by atoms with van der Waals surface area (Å²) in [5, 5.41) is 19.7. The lowest BCUT2D eigenvalue weighted by molar-refractivity contribution is -0.118. The first kappa shape index (κ1) is 17.0. The van der Waals surface area contributed by atoms with Gasteiger partial charge in [-0.15, -0.1) is 5.10 Å². The first-order chi connectivity index (χ1) is 14.0. The topological polar surface area (TPSA) is 117 Å². The van der Waals surface area contributed by atoms with E-state index in [-0.39, 0.29) is 17.3 Å². The third-order valence-electron chi connectivity index (χ3n) is 5.36. The number of aromatic nitrogens is 2. The quantitative estimate of drug-likeness (QED) is 0.594. The molecule has 3 heterocycles. The molecular formula is C21H14FN5O2. The Balaban J connectivity index is 1.90. The highest BCUT2D eigenvalue weighted by atomic mass is 19.1. The van der Waals surface area contributed by atoms with Gasteiger partial charge in [0.2, 0.25) is 17.7 Å². The van der Waals surface area contributed by atoms with Crippen LogP contribution in [-0.2, 0) is 10.2 Å². The van der Waals surface area contributed by atoms with E-state index >= 15 is 0 Å². The van der Waals surface area contributed by atoms with Crippen molar-refractivity contribution in [2.75, 3.05) is 5.32 Å².